The summed E-state index contributed by atoms with van der Waals surface area (Å²) in [5.41, 5.74) is 0. The summed E-state index contributed by atoms with van der Waals surface area (Å²) < 4.78 is 2.05. The molecule has 2 atom stereocenters. The van der Waals surface area contributed by atoms with Crippen molar-refractivity contribution in [2.45, 2.75) is 39.7 Å². The fourth-order valence-corrected chi connectivity index (χ4v) is 3.05. The van der Waals surface area contributed by atoms with Crippen LogP contribution in [0.2, 0.25) is 0 Å². The fraction of sp³-hybridized carbons (Fsp3) is 0.750. The zero-order chi connectivity index (χ0) is 15.1. The normalized spacial score (nSPS) is 17.5. The van der Waals surface area contributed by atoms with Crippen LogP contribution in [0.1, 0.15) is 33.1 Å². The first-order valence-electron chi connectivity index (χ1n) is 8.08. The second-order valence-corrected chi connectivity index (χ2v) is 6.44. The summed E-state index contributed by atoms with van der Waals surface area (Å²) in [6, 6.07) is 0. The quantitative estimate of drug-likeness (QED) is 0.781. The van der Waals surface area contributed by atoms with Gasteiger partial charge in [0.1, 0.15) is 0 Å². The minimum Gasteiger partial charge on any atom is -0.356 e. The third-order valence-electron chi connectivity index (χ3n) is 4.43. The van der Waals surface area contributed by atoms with Gasteiger partial charge in [0.05, 0.1) is 6.33 Å². The second kappa shape index (κ2) is 11.7. The summed E-state index contributed by atoms with van der Waals surface area (Å²) >= 11 is 0. The standard InChI is InChI=1S/C16H28N4O.2ClH/c1-13(11-20-8-7-18-12-20)10-19-16(21)9-14(2)15-3-5-17-6-4-15;;/h7-8,12-15,17H,3-6,9-11H2,1-2H3,(H,19,21);2*1H. The number of nitrogens with zero attached hydrogens (tertiary/aromatic N) is 2. The molecular formula is C16H30Cl2N4O. The van der Waals surface area contributed by atoms with Gasteiger partial charge in [0.15, 0.2) is 0 Å². The largest absolute Gasteiger partial charge is 0.356 e. The number of aromatic nitrogens is 2. The zero-order valence-corrected chi connectivity index (χ0v) is 15.7. The molecule has 0 aromatic carbocycles. The summed E-state index contributed by atoms with van der Waals surface area (Å²) in [6.45, 7) is 8.18. The molecule has 2 rings (SSSR count). The highest BCUT2D eigenvalue weighted by Gasteiger charge is 2.22. The minimum absolute atomic E-state index is 0. The van der Waals surface area contributed by atoms with Gasteiger partial charge in [-0.25, -0.2) is 4.98 Å². The Kier molecular flexibility index (Phi) is 11.3. The molecule has 0 aliphatic carbocycles. The van der Waals surface area contributed by atoms with Crippen molar-refractivity contribution < 1.29 is 4.79 Å². The van der Waals surface area contributed by atoms with Crippen LogP contribution >= 0.6 is 24.8 Å². The monoisotopic (exact) mass is 364 g/mol. The molecule has 1 aliphatic heterocycles. The molecule has 0 saturated carbocycles. The number of halogens is 2. The lowest BCUT2D eigenvalue weighted by atomic mass is 9.84. The summed E-state index contributed by atoms with van der Waals surface area (Å²) in [5, 5.41) is 6.45. The summed E-state index contributed by atoms with van der Waals surface area (Å²) in [7, 11) is 0. The van der Waals surface area contributed by atoms with Crippen LogP contribution in [0.3, 0.4) is 0 Å². The molecule has 1 saturated heterocycles. The Morgan fingerprint density at radius 2 is 2.04 bits per heavy atom. The Hall–Kier alpha value is -0.780. The molecule has 0 bridgehead atoms. The lowest BCUT2D eigenvalue weighted by molar-refractivity contribution is -0.122. The van der Waals surface area contributed by atoms with Gasteiger partial charge in [0.25, 0.3) is 0 Å². The minimum atomic E-state index is 0. The summed E-state index contributed by atoms with van der Waals surface area (Å²) in [5.74, 6) is 1.78. The van der Waals surface area contributed by atoms with Crippen LogP contribution < -0.4 is 10.6 Å². The van der Waals surface area contributed by atoms with Gasteiger partial charge < -0.3 is 15.2 Å². The number of hydrogen-bond acceptors (Lipinski definition) is 3. The molecule has 23 heavy (non-hydrogen) atoms. The van der Waals surface area contributed by atoms with Gasteiger partial charge in [0.2, 0.25) is 5.91 Å². The first kappa shape index (κ1) is 22.2. The highest BCUT2D eigenvalue weighted by atomic mass is 35.5. The third-order valence-corrected chi connectivity index (χ3v) is 4.43. The van der Waals surface area contributed by atoms with E-state index in [1.54, 1.807) is 6.20 Å². The molecule has 134 valence electrons. The lowest BCUT2D eigenvalue weighted by Crippen LogP contribution is -2.35. The molecule has 2 heterocycles. The molecule has 5 nitrogen and oxygen atoms in total. The second-order valence-electron chi connectivity index (χ2n) is 6.44. The van der Waals surface area contributed by atoms with Gasteiger partial charge in [0, 0.05) is 31.9 Å². The van der Waals surface area contributed by atoms with Crippen molar-refractivity contribution in [2.24, 2.45) is 17.8 Å². The Morgan fingerprint density at radius 3 is 2.65 bits per heavy atom. The van der Waals surface area contributed by atoms with Gasteiger partial charge in [-0.05, 0) is 43.7 Å². The van der Waals surface area contributed by atoms with Crippen molar-refractivity contribution in [3.63, 3.8) is 0 Å². The van der Waals surface area contributed by atoms with Gasteiger partial charge in [-0.2, -0.15) is 0 Å². The van der Waals surface area contributed by atoms with Crippen LogP contribution in [0.25, 0.3) is 0 Å². The van der Waals surface area contributed by atoms with E-state index in [1.807, 2.05) is 12.5 Å². The molecule has 1 aliphatic rings. The van der Waals surface area contributed by atoms with Gasteiger partial charge in [-0.15, -0.1) is 24.8 Å². The van der Waals surface area contributed by atoms with E-state index >= 15 is 0 Å². The first-order valence-corrected chi connectivity index (χ1v) is 8.08. The van der Waals surface area contributed by atoms with Crippen molar-refractivity contribution >= 4 is 30.7 Å². The van der Waals surface area contributed by atoms with Crippen LogP contribution in [0.5, 0.6) is 0 Å². The molecule has 2 N–H and O–H groups in total. The summed E-state index contributed by atoms with van der Waals surface area (Å²) in [4.78, 5) is 16.1. The topological polar surface area (TPSA) is 59.0 Å². The van der Waals surface area contributed by atoms with Gasteiger partial charge in [-0.3, -0.25) is 4.79 Å². The van der Waals surface area contributed by atoms with E-state index in [0.717, 1.165) is 26.2 Å². The number of amides is 1. The lowest BCUT2D eigenvalue weighted by Gasteiger charge is -2.28. The maximum Gasteiger partial charge on any atom is 0.220 e. The van der Waals surface area contributed by atoms with E-state index in [4.69, 9.17) is 0 Å². The van der Waals surface area contributed by atoms with E-state index in [2.05, 4.69) is 34.0 Å². The molecule has 1 amide bonds. The van der Waals surface area contributed by atoms with Crippen LogP contribution in [-0.4, -0.2) is 35.1 Å². The van der Waals surface area contributed by atoms with Crippen molar-refractivity contribution in [2.75, 3.05) is 19.6 Å². The van der Waals surface area contributed by atoms with Crippen LogP contribution in [0.4, 0.5) is 0 Å². The maximum atomic E-state index is 12.1. The number of carbonyl (C=O) groups is 1. The van der Waals surface area contributed by atoms with Gasteiger partial charge >= 0.3 is 0 Å². The predicted octanol–water partition coefficient (Wildman–Crippen LogP) is 2.50. The highest BCUT2D eigenvalue weighted by molar-refractivity contribution is 5.85. The van der Waals surface area contributed by atoms with Crippen molar-refractivity contribution in [1.29, 1.82) is 0 Å². The Balaban J connectivity index is 0.00000242. The van der Waals surface area contributed by atoms with E-state index in [0.29, 0.717) is 24.2 Å². The van der Waals surface area contributed by atoms with Gasteiger partial charge in [-0.1, -0.05) is 13.8 Å². The number of carbonyl (C=O) groups excluding carboxylic acids is 1. The third kappa shape index (κ3) is 8.04. The molecule has 2 unspecified atom stereocenters. The number of imidazole rings is 1. The average Bonchev–Trinajstić information content (AvgIpc) is 2.99. The predicted molar refractivity (Wildman–Crippen MR) is 98.3 cm³/mol. The highest BCUT2D eigenvalue weighted by Crippen LogP contribution is 2.24. The smallest absolute Gasteiger partial charge is 0.220 e. The first-order chi connectivity index (χ1) is 10.1. The van der Waals surface area contributed by atoms with Crippen LogP contribution in [0.15, 0.2) is 18.7 Å². The van der Waals surface area contributed by atoms with Crippen LogP contribution in [0, 0.1) is 17.8 Å². The molecule has 1 aromatic rings. The average molecular weight is 365 g/mol. The van der Waals surface area contributed by atoms with Crippen molar-refractivity contribution in [3.05, 3.63) is 18.7 Å². The molecule has 0 radical (unpaired) electrons. The van der Waals surface area contributed by atoms with Crippen molar-refractivity contribution in [3.8, 4) is 0 Å². The molecule has 7 heteroatoms. The number of nitrogens with one attached hydrogen (secondary N) is 2. The number of piperidine rings is 1. The van der Waals surface area contributed by atoms with Crippen molar-refractivity contribution in [1.82, 2.24) is 20.2 Å². The van der Waals surface area contributed by atoms with Crippen LogP contribution in [-0.2, 0) is 11.3 Å². The molecule has 0 spiro atoms. The Labute approximate surface area is 151 Å². The Bertz CT molecular complexity index is 422. The van der Waals surface area contributed by atoms with E-state index in [1.165, 1.54) is 12.8 Å². The molecule has 1 fully saturated rings. The number of rotatable bonds is 7. The van der Waals surface area contributed by atoms with E-state index in [9.17, 15) is 4.79 Å². The SMILES string of the molecule is CC(CNC(=O)CC(C)C1CCNCC1)Cn1ccnc1.Cl.Cl. The van der Waals surface area contributed by atoms with E-state index < -0.39 is 0 Å². The van der Waals surface area contributed by atoms with E-state index in [-0.39, 0.29) is 30.7 Å². The molecule has 1 aromatic heterocycles. The molecular weight excluding hydrogens is 335 g/mol. The Morgan fingerprint density at radius 1 is 1.35 bits per heavy atom. The number of hydrogen-bond donors (Lipinski definition) is 2. The zero-order valence-electron chi connectivity index (χ0n) is 14.0. The maximum absolute atomic E-state index is 12.1. The fourth-order valence-electron chi connectivity index (χ4n) is 3.05. The summed E-state index contributed by atoms with van der Waals surface area (Å²) in [6.07, 6.45) is 8.61.